The van der Waals surface area contributed by atoms with Crippen LogP contribution in [0.2, 0.25) is 5.02 Å². The highest BCUT2D eigenvalue weighted by Crippen LogP contribution is 2.34. The van der Waals surface area contributed by atoms with E-state index in [0.717, 1.165) is 11.1 Å². The molecule has 4 aromatic rings. The van der Waals surface area contributed by atoms with Gasteiger partial charge in [0.05, 0.1) is 17.3 Å². The Morgan fingerprint density at radius 1 is 0.969 bits per heavy atom. The number of fused-ring (bicyclic) bond motifs is 1. The van der Waals surface area contributed by atoms with E-state index in [-0.39, 0.29) is 18.3 Å². The van der Waals surface area contributed by atoms with E-state index in [0.29, 0.717) is 39.6 Å². The number of carbonyl (C=O) groups excluding carboxylic acids is 1. The molecule has 0 amide bonds. The first-order valence-corrected chi connectivity index (χ1v) is 11.3. The molecule has 0 N–H and O–H groups in total. The summed E-state index contributed by atoms with van der Waals surface area (Å²) in [7, 11) is 0. The molecule has 3 aromatic carbocycles. The predicted molar refractivity (Wildman–Crippen MR) is 124 cm³/mol. The Kier molecular flexibility index (Phi) is 5.83. The average molecular weight is 464 g/mol. The number of hydrogen-bond acceptors (Lipinski definition) is 6. The number of Topliss-reactive ketones (excluding diaryl/α,β-unsaturated/α-hetero) is 1. The standard InChI is InChI=1S/C24H18ClN3O3S/c25-19-9-5-4-8-18(19)23-26-27-24(28(23)13-16-6-2-1-3-7-16)32-14-20(29)17-10-11-21-22(12-17)31-15-30-21/h1-12H,13-15H2. The molecule has 6 nitrogen and oxygen atoms in total. The molecule has 8 heteroatoms. The minimum atomic E-state index is -0.0261. The molecule has 160 valence electrons. The van der Waals surface area contributed by atoms with Crippen molar-refractivity contribution < 1.29 is 14.3 Å². The van der Waals surface area contributed by atoms with Crippen molar-refractivity contribution in [1.82, 2.24) is 14.8 Å². The molecule has 0 aliphatic carbocycles. The molecule has 0 bridgehead atoms. The lowest BCUT2D eigenvalue weighted by Gasteiger charge is -2.11. The monoisotopic (exact) mass is 463 g/mol. The van der Waals surface area contributed by atoms with Gasteiger partial charge in [0.15, 0.2) is 28.3 Å². The first kappa shape index (κ1) is 20.6. The number of aromatic nitrogens is 3. The second-order valence-corrected chi connectivity index (χ2v) is 8.49. The van der Waals surface area contributed by atoms with E-state index in [1.54, 1.807) is 18.2 Å². The molecule has 5 rings (SSSR count). The lowest BCUT2D eigenvalue weighted by Crippen LogP contribution is -2.07. The van der Waals surface area contributed by atoms with Crippen LogP contribution in [0.5, 0.6) is 11.5 Å². The van der Waals surface area contributed by atoms with Gasteiger partial charge < -0.3 is 9.47 Å². The fourth-order valence-corrected chi connectivity index (χ4v) is 4.48. The molecular formula is C24H18ClN3O3S. The number of thioether (sulfide) groups is 1. The van der Waals surface area contributed by atoms with Gasteiger partial charge in [-0.3, -0.25) is 9.36 Å². The van der Waals surface area contributed by atoms with Gasteiger partial charge in [0.25, 0.3) is 0 Å². The van der Waals surface area contributed by atoms with Crippen molar-refractivity contribution in [2.24, 2.45) is 0 Å². The SMILES string of the molecule is O=C(CSc1nnc(-c2ccccc2Cl)n1Cc1ccccc1)c1ccc2c(c1)OCO2. The molecule has 0 fully saturated rings. The summed E-state index contributed by atoms with van der Waals surface area (Å²) < 4.78 is 12.7. The zero-order valence-electron chi connectivity index (χ0n) is 16.9. The van der Waals surface area contributed by atoms with E-state index in [1.165, 1.54) is 11.8 Å². The number of ketones is 1. The molecule has 0 spiro atoms. The van der Waals surface area contributed by atoms with Gasteiger partial charge in [0.1, 0.15) is 0 Å². The third-order valence-corrected chi connectivity index (χ3v) is 6.34. The normalized spacial score (nSPS) is 12.2. The second kappa shape index (κ2) is 9.06. The van der Waals surface area contributed by atoms with Gasteiger partial charge in [-0.1, -0.05) is 65.8 Å². The highest BCUT2D eigenvalue weighted by atomic mass is 35.5. The zero-order valence-corrected chi connectivity index (χ0v) is 18.5. The van der Waals surface area contributed by atoms with E-state index in [1.807, 2.05) is 59.2 Å². The van der Waals surface area contributed by atoms with Gasteiger partial charge in [-0.05, 0) is 35.9 Å². The largest absolute Gasteiger partial charge is 0.454 e. The Morgan fingerprint density at radius 2 is 1.75 bits per heavy atom. The average Bonchev–Trinajstić information content (AvgIpc) is 3.45. The summed E-state index contributed by atoms with van der Waals surface area (Å²) in [5, 5.41) is 10.0. The van der Waals surface area contributed by atoms with Crippen LogP contribution in [0.4, 0.5) is 0 Å². The fourth-order valence-electron chi connectivity index (χ4n) is 3.43. The molecule has 0 unspecified atom stereocenters. The molecule has 0 saturated heterocycles. The highest BCUT2D eigenvalue weighted by Gasteiger charge is 2.20. The predicted octanol–water partition coefficient (Wildman–Crippen LogP) is 5.35. The van der Waals surface area contributed by atoms with Crippen LogP contribution in [0, 0.1) is 0 Å². The van der Waals surface area contributed by atoms with E-state index >= 15 is 0 Å². The quantitative estimate of drug-likeness (QED) is 0.272. The Labute approximate surface area is 194 Å². The highest BCUT2D eigenvalue weighted by molar-refractivity contribution is 7.99. The van der Waals surface area contributed by atoms with Crippen molar-refractivity contribution in [2.75, 3.05) is 12.5 Å². The van der Waals surface area contributed by atoms with E-state index in [9.17, 15) is 4.79 Å². The summed E-state index contributed by atoms with van der Waals surface area (Å²) in [6, 6.07) is 22.8. The van der Waals surface area contributed by atoms with Gasteiger partial charge in [-0.2, -0.15) is 0 Å². The Hall–Kier alpha value is -3.29. The molecule has 32 heavy (non-hydrogen) atoms. The van der Waals surface area contributed by atoms with Crippen LogP contribution in [0.1, 0.15) is 15.9 Å². The van der Waals surface area contributed by atoms with Gasteiger partial charge in [0.2, 0.25) is 6.79 Å². The van der Waals surface area contributed by atoms with Crippen LogP contribution >= 0.6 is 23.4 Å². The summed E-state index contributed by atoms with van der Waals surface area (Å²) in [6.07, 6.45) is 0. The van der Waals surface area contributed by atoms with Crippen molar-refractivity contribution in [3.63, 3.8) is 0 Å². The summed E-state index contributed by atoms with van der Waals surface area (Å²) in [5.41, 5.74) is 2.47. The first-order valence-electron chi connectivity index (χ1n) is 9.97. The second-order valence-electron chi connectivity index (χ2n) is 7.14. The van der Waals surface area contributed by atoms with Crippen LogP contribution in [0.15, 0.2) is 78.0 Å². The Morgan fingerprint density at radius 3 is 2.59 bits per heavy atom. The minimum Gasteiger partial charge on any atom is -0.454 e. The molecule has 1 aliphatic rings. The molecular weight excluding hydrogens is 446 g/mol. The topological polar surface area (TPSA) is 66.2 Å². The van der Waals surface area contributed by atoms with E-state index in [4.69, 9.17) is 21.1 Å². The maximum atomic E-state index is 12.8. The summed E-state index contributed by atoms with van der Waals surface area (Å²) in [6.45, 7) is 0.740. The molecule has 0 radical (unpaired) electrons. The Bertz CT molecular complexity index is 1280. The van der Waals surface area contributed by atoms with Crippen LogP contribution in [0.3, 0.4) is 0 Å². The summed E-state index contributed by atoms with van der Waals surface area (Å²) >= 11 is 7.78. The fraction of sp³-hybridized carbons (Fsp3) is 0.125. The van der Waals surface area contributed by atoms with Crippen molar-refractivity contribution in [2.45, 2.75) is 11.7 Å². The number of rotatable bonds is 7. The molecule has 0 saturated carbocycles. The summed E-state index contributed by atoms with van der Waals surface area (Å²) in [4.78, 5) is 12.8. The van der Waals surface area contributed by atoms with Crippen molar-refractivity contribution in [3.8, 4) is 22.9 Å². The van der Waals surface area contributed by atoms with Crippen LogP contribution in [-0.4, -0.2) is 33.1 Å². The third kappa shape index (κ3) is 4.22. The number of hydrogen-bond donors (Lipinski definition) is 0. The van der Waals surface area contributed by atoms with Gasteiger partial charge in [-0.25, -0.2) is 0 Å². The van der Waals surface area contributed by atoms with Crippen molar-refractivity contribution >= 4 is 29.1 Å². The van der Waals surface area contributed by atoms with Crippen LogP contribution < -0.4 is 9.47 Å². The number of carbonyl (C=O) groups is 1. The maximum absolute atomic E-state index is 12.8. The number of ether oxygens (including phenoxy) is 2. The lowest BCUT2D eigenvalue weighted by atomic mass is 10.1. The van der Waals surface area contributed by atoms with Crippen molar-refractivity contribution in [1.29, 1.82) is 0 Å². The molecule has 0 atom stereocenters. The Balaban J connectivity index is 1.42. The number of halogens is 1. The lowest BCUT2D eigenvalue weighted by molar-refractivity contribution is 0.102. The molecule has 1 aromatic heterocycles. The maximum Gasteiger partial charge on any atom is 0.231 e. The van der Waals surface area contributed by atoms with Crippen LogP contribution in [-0.2, 0) is 6.54 Å². The van der Waals surface area contributed by atoms with Crippen molar-refractivity contribution in [3.05, 3.63) is 88.9 Å². The smallest absolute Gasteiger partial charge is 0.231 e. The first-order chi connectivity index (χ1) is 15.7. The van der Waals surface area contributed by atoms with Gasteiger partial charge in [0, 0.05) is 11.1 Å². The molecule has 1 aliphatic heterocycles. The van der Waals surface area contributed by atoms with E-state index in [2.05, 4.69) is 10.2 Å². The zero-order chi connectivity index (χ0) is 21.9. The number of nitrogens with zero attached hydrogens (tertiary/aromatic N) is 3. The van der Waals surface area contributed by atoms with Gasteiger partial charge >= 0.3 is 0 Å². The third-order valence-electron chi connectivity index (χ3n) is 5.04. The minimum absolute atomic E-state index is 0.0261. The van der Waals surface area contributed by atoms with Gasteiger partial charge in [-0.15, -0.1) is 10.2 Å². The number of benzene rings is 3. The van der Waals surface area contributed by atoms with Crippen LogP contribution in [0.25, 0.3) is 11.4 Å². The van der Waals surface area contributed by atoms with E-state index < -0.39 is 0 Å². The molecule has 2 heterocycles. The summed E-state index contributed by atoms with van der Waals surface area (Å²) in [5.74, 6) is 2.10.